The molecule has 0 spiro atoms. The molecule has 0 aromatic heterocycles. The second-order valence-corrected chi connectivity index (χ2v) is 2.36. The number of hydrogen-bond donors (Lipinski definition) is 0. The first-order chi connectivity index (χ1) is 4.43. The quantitative estimate of drug-likeness (QED) is 0.515. The van der Waals surface area contributed by atoms with E-state index in [-0.39, 0.29) is 0 Å². The van der Waals surface area contributed by atoms with Crippen molar-refractivity contribution in [1.82, 2.24) is 0 Å². The number of ether oxygens (including phenoxy) is 1. The molecule has 0 heterocycles. The molecule has 0 amide bonds. The van der Waals surface area contributed by atoms with Crippen LogP contribution in [0.3, 0.4) is 0 Å². The van der Waals surface area contributed by atoms with E-state index in [0.29, 0.717) is 6.10 Å². The molecule has 0 N–H and O–H groups in total. The number of allylic oxidation sites excluding steroid dienone is 1. The van der Waals surface area contributed by atoms with E-state index in [1.54, 1.807) is 0 Å². The van der Waals surface area contributed by atoms with Gasteiger partial charge in [-0.2, -0.15) is 0 Å². The van der Waals surface area contributed by atoms with Gasteiger partial charge >= 0.3 is 0 Å². The van der Waals surface area contributed by atoms with Gasteiger partial charge in [0.15, 0.2) is 0 Å². The first kappa shape index (κ1) is 6.81. The molecule has 9 heavy (non-hydrogen) atoms. The van der Waals surface area contributed by atoms with E-state index in [1.165, 1.54) is 12.8 Å². The van der Waals surface area contributed by atoms with Crippen LogP contribution in [0.4, 0.5) is 0 Å². The van der Waals surface area contributed by atoms with E-state index in [2.05, 4.69) is 19.1 Å². The van der Waals surface area contributed by atoms with E-state index in [0.717, 1.165) is 13.0 Å². The molecule has 0 saturated heterocycles. The summed E-state index contributed by atoms with van der Waals surface area (Å²) in [6.07, 6.45) is 8.49. The lowest BCUT2D eigenvalue weighted by Crippen LogP contribution is -2.13. The molecule has 1 atom stereocenters. The Kier molecular flexibility index (Phi) is 2.78. The third kappa shape index (κ3) is 2.19. The lowest BCUT2D eigenvalue weighted by Gasteiger charge is -2.16. The van der Waals surface area contributed by atoms with Crippen molar-refractivity contribution in [3.05, 3.63) is 12.2 Å². The van der Waals surface area contributed by atoms with E-state index < -0.39 is 0 Å². The minimum Gasteiger partial charge on any atom is -0.378 e. The van der Waals surface area contributed by atoms with Crippen molar-refractivity contribution in [1.29, 1.82) is 0 Å². The largest absolute Gasteiger partial charge is 0.378 e. The lowest BCUT2D eigenvalue weighted by molar-refractivity contribution is 0.0570. The molecule has 1 heteroatoms. The first-order valence-electron chi connectivity index (χ1n) is 3.70. The summed E-state index contributed by atoms with van der Waals surface area (Å²) in [4.78, 5) is 0. The second-order valence-electron chi connectivity index (χ2n) is 2.36. The number of rotatable bonds is 2. The molecule has 1 aliphatic rings. The first-order valence-corrected chi connectivity index (χ1v) is 3.70. The van der Waals surface area contributed by atoms with E-state index >= 15 is 0 Å². The van der Waals surface area contributed by atoms with Gasteiger partial charge in [0, 0.05) is 6.61 Å². The zero-order valence-electron chi connectivity index (χ0n) is 5.97. The Balaban J connectivity index is 2.18. The van der Waals surface area contributed by atoms with Crippen molar-refractivity contribution in [2.24, 2.45) is 0 Å². The summed E-state index contributed by atoms with van der Waals surface area (Å²) in [6, 6.07) is 0. The van der Waals surface area contributed by atoms with Crippen LogP contribution in [-0.4, -0.2) is 12.7 Å². The van der Waals surface area contributed by atoms with Gasteiger partial charge in [0.25, 0.3) is 0 Å². The standard InChI is InChI=1S/C8H14O/c1-2-9-8-6-4-3-5-7-8/h3-4,8H,2,5-7H2,1H3/t8-/m1/s1. The third-order valence-corrected chi connectivity index (χ3v) is 1.62. The van der Waals surface area contributed by atoms with Crippen molar-refractivity contribution in [3.63, 3.8) is 0 Å². The molecular weight excluding hydrogens is 112 g/mol. The predicted octanol–water partition coefficient (Wildman–Crippen LogP) is 2.13. The van der Waals surface area contributed by atoms with E-state index in [4.69, 9.17) is 4.74 Å². The molecule has 0 fully saturated rings. The van der Waals surface area contributed by atoms with E-state index in [1.807, 2.05) is 0 Å². The molecule has 1 rings (SSSR count). The zero-order chi connectivity index (χ0) is 6.53. The van der Waals surface area contributed by atoms with Crippen LogP contribution in [0.15, 0.2) is 12.2 Å². The van der Waals surface area contributed by atoms with Crippen molar-refractivity contribution < 1.29 is 4.74 Å². The summed E-state index contributed by atoms with van der Waals surface area (Å²) in [7, 11) is 0. The summed E-state index contributed by atoms with van der Waals surface area (Å²) in [5, 5.41) is 0. The highest BCUT2D eigenvalue weighted by molar-refractivity contribution is 4.90. The molecular formula is C8H14O. The molecule has 0 unspecified atom stereocenters. The van der Waals surface area contributed by atoms with Crippen molar-refractivity contribution in [3.8, 4) is 0 Å². The maximum atomic E-state index is 5.43. The average Bonchev–Trinajstić information content (AvgIpc) is 1.91. The Bertz CT molecular complexity index is 96.7. The van der Waals surface area contributed by atoms with E-state index in [9.17, 15) is 0 Å². The van der Waals surface area contributed by atoms with Crippen LogP contribution >= 0.6 is 0 Å². The predicted molar refractivity (Wildman–Crippen MR) is 38.4 cm³/mol. The molecule has 1 nitrogen and oxygen atoms in total. The molecule has 52 valence electrons. The van der Waals surface area contributed by atoms with Gasteiger partial charge in [0.05, 0.1) is 6.10 Å². The summed E-state index contributed by atoms with van der Waals surface area (Å²) < 4.78 is 5.43. The highest BCUT2D eigenvalue weighted by atomic mass is 16.5. The normalized spacial score (nSPS) is 26.6. The second kappa shape index (κ2) is 3.67. The van der Waals surface area contributed by atoms with Crippen LogP contribution in [-0.2, 0) is 4.74 Å². The summed E-state index contributed by atoms with van der Waals surface area (Å²) in [5.41, 5.74) is 0. The average molecular weight is 126 g/mol. The highest BCUT2D eigenvalue weighted by Gasteiger charge is 2.07. The van der Waals surface area contributed by atoms with Crippen molar-refractivity contribution >= 4 is 0 Å². The molecule has 0 aromatic rings. The maximum Gasteiger partial charge on any atom is 0.0612 e. The molecule has 0 radical (unpaired) electrons. The van der Waals surface area contributed by atoms with Gasteiger partial charge < -0.3 is 4.74 Å². The number of hydrogen-bond acceptors (Lipinski definition) is 1. The molecule has 0 aliphatic heterocycles. The Morgan fingerprint density at radius 1 is 1.56 bits per heavy atom. The van der Waals surface area contributed by atoms with Crippen LogP contribution in [0.25, 0.3) is 0 Å². The van der Waals surface area contributed by atoms with Crippen LogP contribution in [0.5, 0.6) is 0 Å². The Morgan fingerprint density at radius 2 is 2.44 bits per heavy atom. The van der Waals surface area contributed by atoms with Gasteiger partial charge in [-0.1, -0.05) is 12.2 Å². The zero-order valence-corrected chi connectivity index (χ0v) is 5.97. The van der Waals surface area contributed by atoms with Gasteiger partial charge in [-0.3, -0.25) is 0 Å². The summed E-state index contributed by atoms with van der Waals surface area (Å²) >= 11 is 0. The van der Waals surface area contributed by atoms with Crippen LogP contribution in [0, 0.1) is 0 Å². The molecule has 0 bridgehead atoms. The van der Waals surface area contributed by atoms with Crippen LogP contribution in [0.1, 0.15) is 26.2 Å². The summed E-state index contributed by atoms with van der Waals surface area (Å²) in [6.45, 7) is 2.91. The minimum absolute atomic E-state index is 0.514. The van der Waals surface area contributed by atoms with Gasteiger partial charge in [0.2, 0.25) is 0 Å². The fourth-order valence-electron chi connectivity index (χ4n) is 1.15. The Morgan fingerprint density at radius 3 is 3.00 bits per heavy atom. The lowest BCUT2D eigenvalue weighted by atomic mass is 10.1. The minimum atomic E-state index is 0.514. The fraction of sp³-hybridized carbons (Fsp3) is 0.750. The molecule has 1 aliphatic carbocycles. The van der Waals surface area contributed by atoms with Gasteiger partial charge in [0.1, 0.15) is 0 Å². The van der Waals surface area contributed by atoms with Crippen LogP contribution in [0.2, 0.25) is 0 Å². The van der Waals surface area contributed by atoms with Gasteiger partial charge in [-0.25, -0.2) is 0 Å². The monoisotopic (exact) mass is 126 g/mol. The van der Waals surface area contributed by atoms with Gasteiger partial charge in [-0.15, -0.1) is 0 Å². The summed E-state index contributed by atoms with van der Waals surface area (Å²) in [5.74, 6) is 0. The Labute approximate surface area is 56.7 Å². The highest BCUT2D eigenvalue weighted by Crippen LogP contribution is 2.13. The molecule has 0 aromatic carbocycles. The van der Waals surface area contributed by atoms with Crippen molar-refractivity contribution in [2.45, 2.75) is 32.3 Å². The smallest absolute Gasteiger partial charge is 0.0612 e. The topological polar surface area (TPSA) is 9.23 Å². The maximum absolute atomic E-state index is 5.43. The van der Waals surface area contributed by atoms with Crippen LogP contribution < -0.4 is 0 Å². The SMILES string of the molecule is CCO[C@@H]1CC=CCC1. The molecule has 0 saturated carbocycles. The fourth-order valence-corrected chi connectivity index (χ4v) is 1.15. The Hall–Kier alpha value is -0.300. The third-order valence-electron chi connectivity index (χ3n) is 1.62. The van der Waals surface area contributed by atoms with Gasteiger partial charge in [-0.05, 0) is 26.2 Å². The van der Waals surface area contributed by atoms with Crippen molar-refractivity contribution in [2.75, 3.05) is 6.61 Å².